The Kier molecular flexibility index (Phi) is 3.59. The molecule has 3 rings (SSSR count). The van der Waals surface area contributed by atoms with E-state index in [9.17, 15) is 0 Å². The van der Waals surface area contributed by atoms with E-state index in [2.05, 4.69) is 24.9 Å². The first-order valence-electron chi connectivity index (χ1n) is 7.02. The van der Waals surface area contributed by atoms with Crippen molar-refractivity contribution in [2.45, 2.75) is 20.4 Å². The first kappa shape index (κ1) is 13.6. The van der Waals surface area contributed by atoms with Gasteiger partial charge in [0.2, 0.25) is 5.88 Å². The summed E-state index contributed by atoms with van der Waals surface area (Å²) in [6.45, 7) is 4.53. The van der Waals surface area contributed by atoms with E-state index >= 15 is 0 Å². The molecule has 0 amide bonds. The Balaban J connectivity index is 2.13. The highest BCUT2D eigenvalue weighted by atomic mass is 16.5. The summed E-state index contributed by atoms with van der Waals surface area (Å²) < 4.78 is 6.08. The fourth-order valence-electron chi connectivity index (χ4n) is 2.34. The summed E-state index contributed by atoms with van der Waals surface area (Å²) in [5.41, 5.74) is 8.89. The van der Waals surface area contributed by atoms with Crippen LogP contribution in [0.2, 0.25) is 0 Å². The molecule has 0 aliphatic heterocycles. The van der Waals surface area contributed by atoms with E-state index in [4.69, 9.17) is 10.5 Å². The number of hydrogen-bond donors (Lipinski definition) is 1. The van der Waals surface area contributed by atoms with Gasteiger partial charge in [-0.3, -0.25) is 0 Å². The maximum absolute atomic E-state index is 6.08. The van der Waals surface area contributed by atoms with Gasteiger partial charge in [0, 0.05) is 11.9 Å². The highest BCUT2D eigenvalue weighted by Crippen LogP contribution is 2.31. The molecule has 0 saturated carbocycles. The van der Waals surface area contributed by atoms with E-state index in [1.807, 2.05) is 42.5 Å². The fraction of sp³-hybridized carbons (Fsp3) is 0.167. The standard InChI is InChI=1S/C18H18N2O/c1-12-6-5-9-17(13(12)2)21-18-16-8-4-3-7-14(16)10-15(11-19)20-18/h3-10H,11,19H2,1-2H3. The topological polar surface area (TPSA) is 48.1 Å². The second-order valence-corrected chi connectivity index (χ2v) is 5.14. The molecule has 0 unspecified atom stereocenters. The number of hydrogen-bond acceptors (Lipinski definition) is 3. The Morgan fingerprint density at radius 3 is 2.67 bits per heavy atom. The van der Waals surface area contributed by atoms with Gasteiger partial charge >= 0.3 is 0 Å². The molecular formula is C18H18N2O. The number of pyridine rings is 1. The average molecular weight is 278 g/mol. The monoisotopic (exact) mass is 278 g/mol. The zero-order valence-corrected chi connectivity index (χ0v) is 12.3. The van der Waals surface area contributed by atoms with Gasteiger partial charge in [-0.05, 0) is 48.6 Å². The first-order chi connectivity index (χ1) is 10.2. The van der Waals surface area contributed by atoms with Crippen LogP contribution in [-0.2, 0) is 6.54 Å². The number of nitrogens with zero attached hydrogens (tertiary/aromatic N) is 1. The van der Waals surface area contributed by atoms with E-state index in [0.29, 0.717) is 12.4 Å². The Morgan fingerprint density at radius 1 is 1.05 bits per heavy atom. The summed E-state index contributed by atoms with van der Waals surface area (Å²) in [6.07, 6.45) is 0. The SMILES string of the molecule is Cc1cccc(Oc2nc(CN)cc3ccccc23)c1C. The number of aromatic nitrogens is 1. The summed E-state index contributed by atoms with van der Waals surface area (Å²) >= 11 is 0. The molecule has 2 N–H and O–H groups in total. The number of nitrogens with two attached hydrogens (primary N) is 1. The van der Waals surface area contributed by atoms with Crippen molar-refractivity contribution in [1.82, 2.24) is 4.98 Å². The molecule has 3 aromatic rings. The van der Waals surface area contributed by atoms with Crippen LogP contribution >= 0.6 is 0 Å². The van der Waals surface area contributed by atoms with Gasteiger partial charge in [0.1, 0.15) is 5.75 Å². The minimum absolute atomic E-state index is 0.397. The highest BCUT2D eigenvalue weighted by molar-refractivity contribution is 5.87. The van der Waals surface area contributed by atoms with Crippen LogP contribution in [-0.4, -0.2) is 4.98 Å². The van der Waals surface area contributed by atoms with E-state index in [-0.39, 0.29) is 0 Å². The van der Waals surface area contributed by atoms with Crippen molar-refractivity contribution in [3.8, 4) is 11.6 Å². The Labute approximate surface area is 124 Å². The normalized spacial score (nSPS) is 10.8. The molecular weight excluding hydrogens is 260 g/mol. The summed E-state index contributed by atoms with van der Waals surface area (Å²) in [7, 11) is 0. The zero-order valence-electron chi connectivity index (χ0n) is 12.3. The number of aryl methyl sites for hydroxylation is 1. The van der Waals surface area contributed by atoms with Crippen LogP contribution in [0.4, 0.5) is 0 Å². The zero-order chi connectivity index (χ0) is 14.8. The Hall–Kier alpha value is -2.39. The molecule has 3 nitrogen and oxygen atoms in total. The van der Waals surface area contributed by atoms with Crippen molar-refractivity contribution in [1.29, 1.82) is 0 Å². The Morgan fingerprint density at radius 2 is 1.86 bits per heavy atom. The van der Waals surface area contributed by atoms with Crippen LogP contribution in [0.3, 0.4) is 0 Å². The molecule has 3 heteroatoms. The lowest BCUT2D eigenvalue weighted by molar-refractivity contribution is 0.463. The third-order valence-electron chi connectivity index (χ3n) is 3.73. The molecule has 0 bridgehead atoms. The molecule has 0 spiro atoms. The second-order valence-electron chi connectivity index (χ2n) is 5.14. The van der Waals surface area contributed by atoms with E-state index in [1.54, 1.807) is 0 Å². The summed E-state index contributed by atoms with van der Waals surface area (Å²) in [5.74, 6) is 1.45. The predicted octanol–water partition coefficient (Wildman–Crippen LogP) is 4.10. The highest BCUT2D eigenvalue weighted by Gasteiger charge is 2.09. The molecule has 106 valence electrons. The fourth-order valence-corrected chi connectivity index (χ4v) is 2.34. The number of rotatable bonds is 3. The molecule has 0 saturated heterocycles. The third kappa shape index (κ3) is 2.60. The van der Waals surface area contributed by atoms with Crippen molar-refractivity contribution in [2.75, 3.05) is 0 Å². The molecule has 0 aliphatic rings. The van der Waals surface area contributed by atoms with Gasteiger partial charge in [-0.2, -0.15) is 0 Å². The molecule has 21 heavy (non-hydrogen) atoms. The minimum Gasteiger partial charge on any atom is -0.438 e. The molecule has 0 fully saturated rings. The third-order valence-corrected chi connectivity index (χ3v) is 3.73. The lowest BCUT2D eigenvalue weighted by atomic mass is 10.1. The number of benzene rings is 2. The van der Waals surface area contributed by atoms with Crippen LogP contribution in [0.1, 0.15) is 16.8 Å². The van der Waals surface area contributed by atoms with E-state index < -0.39 is 0 Å². The maximum Gasteiger partial charge on any atom is 0.227 e. The van der Waals surface area contributed by atoms with Gasteiger partial charge in [0.25, 0.3) is 0 Å². The van der Waals surface area contributed by atoms with Gasteiger partial charge in [0.05, 0.1) is 5.69 Å². The van der Waals surface area contributed by atoms with Gasteiger partial charge in [0.15, 0.2) is 0 Å². The van der Waals surface area contributed by atoms with E-state index in [0.717, 1.165) is 27.8 Å². The van der Waals surface area contributed by atoms with Crippen LogP contribution in [0.25, 0.3) is 10.8 Å². The van der Waals surface area contributed by atoms with Crippen LogP contribution in [0.5, 0.6) is 11.6 Å². The van der Waals surface area contributed by atoms with Crippen LogP contribution in [0.15, 0.2) is 48.5 Å². The van der Waals surface area contributed by atoms with Gasteiger partial charge in [-0.15, -0.1) is 0 Å². The van der Waals surface area contributed by atoms with Crippen LogP contribution in [0, 0.1) is 13.8 Å². The lowest BCUT2D eigenvalue weighted by Gasteiger charge is -2.12. The Bertz CT molecular complexity index is 796. The molecule has 2 aromatic carbocycles. The van der Waals surface area contributed by atoms with Crippen LogP contribution < -0.4 is 10.5 Å². The second kappa shape index (κ2) is 5.54. The quantitative estimate of drug-likeness (QED) is 0.784. The van der Waals surface area contributed by atoms with E-state index in [1.165, 1.54) is 5.56 Å². The average Bonchev–Trinajstić information content (AvgIpc) is 2.51. The van der Waals surface area contributed by atoms with Crippen molar-refractivity contribution in [2.24, 2.45) is 5.73 Å². The molecule has 0 aliphatic carbocycles. The van der Waals surface area contributed by atoms with Crippen molar-refractivity contribution in [3.05, 3.63) is 65.4 Å². The predicted molar refractivity (Wildman–Crippen MR) is 85.6 cm³/mol. The van der Waals surface area contributed by atoms with Gasteiger partial charge in [-0.25, -0.2) is 4.98 Å². The molecule has 1 heterocycles. The maximum atomic E-state index is 6.08. The van der Waals surface area contributed by atoms with Crippen molar-refractivity contribution < 1.29 is 4.74 Å². The lowest BCUT2D eigenvalue weighted by Crippen LogP contribution is -2.02. The largest absolute Gasteiger partial charge is 0.438 e. The van der Waals surface area contributed by atoms with Crippen molar-refractivity contribution in [3.63, 3.8) is 0 Å². The number of ether oxygens (including phenoxy) is 1. The molecule has 1 aromatic heterocycles. The minimum atomic E-state index is 0.397. The molecule has 0 atom stereocenters. The first-order valence-corrected chi connectivity index (χ1v) is 7.02. The number of fused-ring (bicyclic) bond motifs is 1. The summed E-state index contributed by atoms with van der Waals surface area (Å²) in [6, 6.07) is 16.1. The van der Waals surface area contributed by atoms with Crippen molar-refractivity contribution >= 4 is 10.8 Å². The molecule has 0 radical (unpaired) electrons. The van der Waals surface area contributed by atoms with Gasteiger partial charge < -0.3 is 10.5 Å². The smallest absolute Gasteiger partial charge is 0.227 e. The summed E-state index contributed by atoms with van der Waals surface area (Å²) in [5, 5.41) is 2.09. The van der Waals surface area contributed by atoms with Gasteiger partial charge in [-0.1, -0.05) is 30.3 Å². The summed E-state index contributed by atoms with van der Waals surface area (Å²) in [4.78, 5) is 4.54.